The molecule has 0 heterocycles. The first-order chi connectivity index (χ1) is 10.7. The Morgan fingerprint density at radius 1 is 0.682 bits per heavy atom. The van der Waals surface area contributed by atoms with E-state index in [1.807, 2.05) is 0 Å². The van der Waals surface area contributed by atoms with Crippen molar-refractivity contribution in [2.45, 2.75) is 103 Å². The van der Waals surface area contributed by atoms with Gasteiger partial charge in [0.25, 0.3) is 0 Å². The molecule has 0 aliphatic carbocycles. The van der Waals surface area contributed by atoms with Crippen LogP contribution in [0.5, 0.6) is 0 Å². The average Bonchev–Trinajstić information content (AvgIpc) is 2.55. The Hall–Kier alpha value is 0.209. The fourth-order valence-corrected chi connectivity index (χ4v) is 18.5. The maximum atomic E-state index is 10.3. The molecule has 0 aliphatic heterocycles. The number of aldehydes is 1. The Bertz CT molecular complexity index is 251. The Labute approximate surface area is 144 Å². The minimum atomic E-state index is -1.91. The third kappa shape index (κ3) is 11.7. The molecule has 0 unspecified atom stereocenters. The second-order valence-corrected chi connectivity index (χ2v) is 20.9. The molecule has 22 heavy (non-hydrogen) atoms. The third-order valence-electron chi connectivity index (χ3n) is 4.84. The van der Waals surface area contributed by atoms with Gasteiger partial charge in [-0.2, -0.15) is 0 Å². The Morgan fingerprint density at radius 2 is 1.18 bits per heavy atom. The van der Waals surface area contributed by atoms with Crippen molar-refractivity contribution < 1.29 is 4.79 Å². The summed E-state index contributed by atoms with van der Waals surface area (Å²) in [5.41, 5.74) is 0. The molecule has 0 aliphatic rings. The molecule has 0 bridgehead atoms. The van der Waals surface area contributed by atoms with E-state index in [1.165, 1.54) is 55.8 Å². The van der Waals surface area contributed by atoms with Crippen LogP contribution >= 0.6 is 0 Å². The van der Waals surface area contributed by atoms with Crippen LogP contribution in [0.2, 0.25) is 17.7 Å². The molecule has 0 aromatic carbocycles. The topological polar surface area (TPSA) is 17.1 Å². The van der Waals surface area contributed by atoms with Gasteiger partial charge in [0.1, 0.15) is 0 Å². The predicted octanol–water partition coefficient (Wildman–Crippen LogP) is 7.15. The normalized spacial score (nSPS) is 12.1. The van der Waals surface area contributed by atoms with Gasteiger partial charge in [-0.05, 0) is 0 Å². The number of rotatable bonds is 16. The van der Waals surface area contributed by atoms with Crippen molar-refractivity contribution in [3.8, 4) is 0 Å². The second-order valence-electron chi connectivity index (χ2n) is 6.94. The molecule has 0 atom stereocenters. The summed E-state index contributed by atoms with van der Waals surface area (Å²) >= 11 is -1.91. The predicted molar refractivity (Wildman–Crippen MR) is 103 cm³/mol. The van der Waals surface area contributed by atoms with Crippen LogP contribution in [0.1, 0.15) is 85.0 Å². The molecule has 2 heteroatoms. The summed E-state index contributed by atoms with van der Waals surface area (Å²) < 4.78 is 6.31. The van der Waals surface area contributed by atoms with Crippen LogP contribution in [0.4, 0.5) is 0 Å². The summed E-state index contributed by atoms with van der Waals surface area (Å²) in [6.07, 6.45) is 18.7. The summed E-state index contributed by atoms with van der Waals surface area (Å²) in [7, 11) is 0. The van der Waals surface area contributed by atoms with Crippen LogP contribution in [0.25, 0.3) is 0 Å². The Balaban J connectivity index is 4.43. The molecular weight excluding hydrogens is 375 g/mol. The molecule has 0 saturated heterocycles. The molecule has 0 fully saturated rings. The van der Waals surface area contributed by atoms with E-state index in [4.69, 9.17) is 0 Å². The van der Waals surface area contributed by atoms with E-state index in [0.29, 0.717) is 0 Å². The van der Waals surface area contributed by atoms with Gasteiger partial charge in [-0.25, -0.2) is 0 Å². The molecule has 0 aromatic heterocycles. The first-order valence-electron chi connectivity index (χ1n) is 9.83. The van der Waals surface area contributed by atoms with Gasteiger partial charge in [0, 0.05) is 0 Å². The summed E-state index contributed by atoms with van der Waals surface area (Å²) in [4.78, 5) is 10.3. The van der Waals surface area contributed by atoms with Crippen molar-refractivity contribution in [2.75, 3.05) is 0 Å². The van der Waals surface area contributed by atoms with Crippen LogP contribution < -0.4 is 0 Å². The second kappa shape index (κ2) is 16.1. The molecule has 0 amide bonds. The van der Waals surface area contributed by atoms with Gasteiger partial charge in [0.15, 0.2) is 0 Å². The van der Waals surface area contributed by atoms with Crippen LogP contribution in [-0.4, -0.2) is 24.7 Å². The molecule has 0 rings (SSSR count). The fraction of sp³-hybridized carbons (Fsp3) is 0.850. The van der Waals surface area contributed by atoms with E-state index in [-0.39, 0.29) is 0 Å². The third-order valence-corrected chi connectivity index (χ3v) is 20.1. The average molecular weight is 415 g/mol. The number of hydrogen-bond acceptors (Lipinski definition) is 1. The number of allylic oxidation sites excluding steroid dienone is 2. The summed E-state index contributed by atoms with van der Waals surface area (Å²) in [5, 5.41) is 0. The summed E-state index contributed by atoms with van der Waals surface area (Å²) in [6.45, 7) is 7.04. The van der Waals surface area contributed by atoms with Crippen molar-refractivity contribution in [3.05, 3.63) is 12.2 Å². The van der Waals surface area contributed by atoms with Gasteiger partial charge in [-0.1, -0.05) is 0 Å². The SMILES string of the molecule is CCC[CH2][Sn]([CH2]/C=C\CCCCC=O)([CH2]CCC)[CH2]CCC. The Kier molecular flexibility index (Phi) is 16.2. The number of carbonyl (C=O) groups is 1. The monoisotopic (exact) mass is 416 g/mol. The molecule has 0 N–H and O–H groups in total. The van der Waals surface area contributed by atoms with E-state index in [9.17, 15) is 4.79 Å². The Morgan fingerprint density at radius 3 is 1.64 bits per heavy atom. The van der Waals surface area contributed by atoms with Crippen molar-refractivity contribution in [1.82, 2.24) is 0 Å². The molecule has 0 radical (unpaired) electrons. The van der Waals surface area contributed by atoms with Gasteiger partial charge in [0.05, 0.1) is 0 Å². The molecule has 0 aromatic rings. The van der Waals surface area contributed by atoms with Crippen molar-refractivity contribution in [3.63, 3.8) is 0 Å². The zero-order valence-electron chi connectivity index (χ0n) is 15.5. The quantitative estimate of drug-likeness (QED) is 0.113. The standard InChI is InChI=1S/C8H13O.3C4H9.Sn/c1-2-3-4-5-6-7-8-9;3*1-3-4-2;/h2-3,8H,1,4-7H2;3*1,3-4H2,2H3;/b3-2-;;;;. The van der Waals surface area contributed by atoms with E-state index in [1.54, 1.807) is 13.3 Å². The molecular formula is C20H40OSn. The number of hydrogen-bond donors (Lipinski definition) is 0. The zero-order valence-corrected chi connectivity index (χ0v) is 18.4. The summed E-state index contributed by atoms with van der Waals surface area (Å²) in [5.74, 6) is 0. The van der Waals surface area contributed by atoms with Crippen LogP contribution in [-0.2, 0) is 4.79 Å². The van der Waals surface area contributed by atoms with Gasteiger partial charge < -0.3 is 0 Å². The minimum absolute atomic E-state index is 0.737. The van der Waals surface area contributed by atoms with E-state index in [0.717, 1.165) is 19.1 Å². The summed E-state index contributed by atoms with van der Waals surface area (Å²) in [6, 6.07) is 0. The van der Waals surface area contributed by atoms with E-state index in [2.05, 4.69) is 32.9 Å². The van der Waals surface area contributed by atoms with Gasteiger partial charge >= 0.3 is 144 Å². The van der Waals surface area contributed by atoms with E-state index >= 15 is 0 Å². The fourth-order valence-electron chi connectivity index (χ4n) is 3.28. The maximum absolute atomic E-state index is 10.3. The number of unbranched alkanes of at least 4 members (excludes halogenated alkanes) is 6. The van der Waals surface area contributed by atoms with E-state index < -0.39 is 18.4 Å². The molecule has 130 valence electrons. The van der Waals surface area contributed by atoms with Gasteiger partial charge in [-0.15, -0.1) is 0 Å². The van der Waals surface area contributed by atoms with Crippen LogP contribution in [0.3, 0.4) is 0 Å². The van der Waals surface area contributed by atoms with Crippen molar-refractivity contribution in [2.24, 2.45) is 0 Å². The molecule has 0 spiro atoms. The first kappa shape index (κ1) is 22.2. The number of carbonyl (C=O) groups excluding carboxylic acids is 1. The van der Waals surface area contributed by atoms with Gasteiger partial charge in [-0.3, -0.25) is 0 Å². The van der Waals surface area contributed by atoms with Crippen molar-refractivity contribution in [1.29, 1.82) is 0 Å². The molecule has 1 nitrogen and oxygen atoms in total. The zero-order chi connectivity index (χ0) is 16.5. The molecule has 0 saturated carbocycles. The van der Waals surface area contributed by atoms with Crippen molar-refractivity contribution >= 4 is 24.7 Å². The van der Waals surface area contributed by atoms with Crippen LogP contribution in [0.15, 0.2) is 12.2 Å². The van der Waals surface area contributed by atoms with Gasteiger partial charge in [0.2, 0.25) is 0 Å². The van der Waals surface area contributed by atoms with Crippen LogP contribution in [0, 0.1) is 0 Å². The first-order valence-corrected chi connectivity index (χ1v) is 17.9.